The number of halogens is 2. The standard InChI is InChI=1S/C10H23N3O.2ClH/c1-9(8-11-2)10(14)12-6-5-7-13(3)4;;/h9,11H,5-8H2,1-4H3,(H,12,14);2*1H. The Morgan fingerprint density at radius 2 is 1.88 bits per heavy atom. The molecule has 4 nitrogen and oxygen atoms in total. The quantitative estimate of drug-likeness (QED) is 0.673. The second-order valence-corrected chi connectivity index (χ2v) is 3.91. The molecule has 0 aliphatic heterocycles. The highest BCUT2D eigenvalue weighted by molar-refractivity contribution is 5.85. The first-order valence-corrected chi connectivity index (χ1v) is 5.15. The Kier molecular flexibility index (Phi) is 17.3. The van der Waals surface area contributed by atoms with E-state index in [1.165, 1.54) is 0 Å². The molecule has 6 heteroatoms. The number of amides is 1. The number of carbonyl (C=O) groups excluding carboxylic acids is 1. The van der Waals surface area contributed by atoms with Crippen molar-refractivity contribution >= 4 is 30.7 Å². The molecule has 0 aromatic heterocycles. The molecule has 16 heavy (non-hydrogen) atoms. The van der Waals surface area contributed by atoms with Crippen molar-refractivity contribution in [1.82, 2.24) is 15.5 Å². The Hall–Kier alpha value is -0.0300. The molecule has 0 spiro atoms. The Bertz CT molecular complexity index is 168. The van der Waals surface area contributed by atoms with Crippen LogP contribution in [0.15, 0.2) is 0 Å². The van der Waals surface area contributed by atoms with E-state index in [0.29, 0.717) is 0 Å². The SMILES string of the molecule is CNCC(C)C(=O)NCCCN(C)C.Cl.Cl. The Morgan fingerprint density at radius 1 is 1.31 bits per heavy atom. The predicted molar refractivity (Wildman–Crippen MR) is 73.8 cm³/mol. The van der Waals surface area contributed by atoms with Gasteiger partial charge in [0.15, 0.2) is 0 Å². The van der Waals surface area contributed by atoms with Gasteiger partial charge in [-0.05, 0) is 34.1 Å². The van der Waals surface area contributed by atoms with Crippen LogP contribution < -0.4 is 10.6 Å². The lowest BCUT2D eigenvalue weighted by Crippen LogP contribution is -2.35. The molecule has 1 unspecified atom stereocenters. The molecule has 0 aromatic rings. The summed E-state index contributed by atoms with van der Waals surface area (Å²) in [5.74, 6) is 0.192. The van der Waals surface area contributed by atoms with Crippen LogP contribution in [0.25, 0.3) is 0 Å². The van der Waals surface area contributed by atoms with Gasteiger partial charge in [-0.25, -0.2) is 0 Å². The predicted octanol–water partition coefficient (Wildman–Crippen LogP) is 0.753. The van der Waals surface area contributed by atoms with Gasteiger partial charge in [0.1, 0.15) is 0 Å². The Labute approximate surface area is 111 Å². The van der Waals surface area contributed by atoms with Crippen molar-refractivity contribution in [2.24, 2.45) is 5.92 Å². The number of rotatable bonds is 7. The third-order valence-electron chi connectivity index (χ3n) is 2.04. The molecule has 0 aliphatic carbocycles. The van der Waals surface area contributed by atoms with E-state index in [4.69, 9.17) is 0 Å². The number of nitrogens with one attached hydrogen (secondary N) is 2. The first kappa shape index (κ1) is 21.3. The molecule has 100 valence electrons. The summed E-state index contributed by atoms with van der Waals surface area (Å²) in [7, 11) is 5.92. The molecule has 0 saturated carbocycles. The smallest absolute Gasteiger partial charge is 0.224 e. The van der Waals surface area contributed by atoms with Gasteiger partial charge in [0.25, 0.3) is 0 Å². The maximum Gasteiger partial charge on any atom is 0.224 e. The van der Waals surface area contributed by atoms with E-state index in [1.54, 1.807) is 0 Å². The van der Waals surface area contributed by atoms with E-state index in [-0.39, 0.29) is 36.6 Å². The third-order valence-corrected chi connectivity index (χ3v) is 2.04. The maximum absolute atomic E-state index is 11.4. The van der Waals surface area contributed by atoms with Gasteiger partial charge in [0, 0.05) is 19.0 Å². The largest absolute Gasteiger partial charge is 0.356 e. The summed E-state index contributed by atoms with van der Waals surface area (Å²) in [5.41, 5.74) is 0. The van der Waals surface area contributed by atoms with E-state index in [9.17, 15) is 4.79 Å². The van der Waals surface area contributed by atoms with Crippen LogP contribution in [0.5, 0.6) is 0 Å². The van der Waals surface area contributed by atoms with Crippen LogP contribution in [0.4, 0.5) is 0 Å². The number of hydrogen-bond acceptors (Lipinski definition) is 3. The lowest BCUT2D eigenvalue weighted by atomic mass is 10.1. The highest BCUT2D eigenvalue weighted by atomic mass is 35.5. The highest BCUT2D eigenvalue weighted by Crippen LogP contribution is 1.91. The van der Waals surface area contributed by atoms with Crippen LogP contribution >= 0.6 is 24.8 Å². The average Bonchev–Trinajstić information content (AvgIpc) is 2.12. The lowest BCUT2D eigenvalue weighted by Gasteiger charge is -2.13. The summed E-state index contributed by atoms with van der Waals surface area (Å²) in [4.78, 5) is 13.5. The molecule has 0 heterocycles. The molecule has 0 aromatic carbocycles. The van der Waals surface area contributed by atoms with Crippen molar-refractivity contribution in [3.05, 3.63) is 0 Å². The Morgan fingerprint density at radius 3 is 2.31 bits per heavy atom. The van der Waals surface area contributed by atoms with Crippen LogP contribution in [0, 0.1) is 5.92 Å². The average molecular weight is 274 g/mol. The summed E-state index contributed by atoms with van der Waals surface area (Å²) in [5, 5.41) is 5.90. The summed E-state index contributed by atoms with van der Waals surface area (Å²) >= 11 is 0. The van der Waals surface area contributed by atoms with Crippen LogP contribution in [0.1, 0.15) is 13.3 Å². The first-order valence-electron chi connectivity index (χ1n) is 5.15. The lowest BCUT2D eigenvalue weighted by molar-refractivity contribution is -0.124. The fraction of sp³-hybridized carbons (Fsp3) is 0.900. The zero-order valence-corrected chi connectivity index (χ0v) is 12.2. The number of nitrogens with zero attached hydrogens (tertiary/aromatic N) is 1. The zero-order chi connectivity index (χ0) is 11.0. The van der Waals surface area contributed by atoms with Crippen LogP contribution in [-0.2, 0) is 4.79 Å². The summed E-state index contributed by atoms with van der Waals surface area (Å²) in [6, 6.07) is 0. The second-order valence-electron chi connectivity index (χ2n) is 3.91. The minimum atomic E-state index is 0. The van der Waals surface area contributed by atoms with Gasteiger partial charge in [0.2, 0.25) is 5.91 Å². The maximum atomic E-state index is 11.4. The Balaban J connectivity index is -0.000000845. The molecule has 0 bridgehead atoms. The van der Waals surface area contributed by atoms with Gasteiger partial charge in [-0.2, -0.15) is 0 Å². The van der Waals surface area contributed by atoms with E-state index in [2.05, 4.69) is 15.5 Å². The van der Waals surface area contributed by atoms with E-state index < -0.39 is 0 Å². The zero-order valence-electron chi connectivity index (χ0n) is 10.6. The monoisotopic (exact) mass is 273 g/mol. The molecule has 2 N–H and O–H groups in total. The van der Waals surface area contributed by atoms with Crippen LogP contribution in [0.2, 0.25) is 0 Å². The normalized spacial score (nSPS) is 11.3. The van der Waals surface area contributed by atoms with Crippen molar-refractivity contribution in [3.63, 3.8) is 0 Å². The number of carbonyl (C=O) groups is 1. The topological polar surface area (TPSA) is 44.4 Å². The number of hydrogen-bond donors (Lipinski definition) is 2. The summed E-state index contributed by atoms with van der Waals surface area (Å²) in [6.07, 6.45) is 1.00. The molecule has 0 rings (SSSR count). The summed E-state index contributed by atoms with van der Waals surface area (Å²) < 4.78 is 0. The van der Waals surface area contributed by atoms with E-state index in [0.717, 1.165) is 26.1 Å². The minimum Gasteiger partial charge on any atom is -0.356 e. The first-order chi connectivity index (χ1) is 6.57. The van der Waals surface area contributed by atoms with Gasteiger partial charge in [-0.3, -0.25) is 4.79 Å². The highest BCUT2D eigenvalue weighted by Gasteiger charge is 2.10. The van der Waals surface area contributed by atoms with Gasteiger partial charge in [-0.15, -0.1) is 24.8 Å². The van der Waals surface area contributed by atoms with Crippen LogP contribution in [-0.4, -0.2) is 51.6 Å². The third kappa shape index (κ3) is 12.0. The van der Waals surface area contributed by atoms with Crippen molar-refractivity contribution in [2.75, 3.05) is 40.8 Å². The van der Waals surface area contributed by atoms with Gasteiger partial charge in [-0.1, -0.05) is 6.92 Å². The molecule has 1 amide bonds. The van der Waals surface area contributed by atoms with Gasteiger partial charge in [0.05, 0.1) is 0 Å². The summed E-state index contributed by atoms with van der Waals surface area (Å²) in [6.45, 7) is 4.45. The molecule has 0 radical (unpaired) electrons. The fourth-order valence-corrected chi connectivity index (χ4v) is 1.18. The van der Waals surface area contributed by atoms with Crippen molar-refractivity contribution < 1.29 is 4.79 Å². The molecular formula is C10H25Cl2N3O. The van der Waals surface area contributed by atoms with Crippen molar-refractivity contribution in [1.29, 1.82) is 0 Å². The van der Waals surface area contributed by atoms with Gasteiger partial charge < -0.3 is 15.5 Å². The fourth-order valence-electron chi connectivity index (χ4n) is 1.18. The van der Waals surface area contributed by atoms with Crippen molar-refractivity contribution in [3.8, 4) is 0 Å². The van der Waals surface area contributed by atoms with E-state index in [1.807, 2.05) is 28.1 Å². The van der Waals surface area contributed by atoms with Gasteiger partial charge >= 0.3 is 0 Å². The molecule has 0 aliphatic rings. The van der Waals surface area contributed by atoms with Crippen LogP contribution in [0.3, 0.4) is 0 Å². The molecular weight excluding hydrogens is 249 g/mol. The molecule has 0 fully saturated rings. The minimum absolute atomic E-state index is 0. The molecule has 0 saturated heterocycles. The van der Waals surface area contributed by atoms with Crippen molar-refractivity contribution in [2.45, 2.75) is 13.3 Å². The molecule has 1 atom stereocenters. The second kappa shape index (κ2) is 13.0. The van der Waals surface area contributed by atoms with E-state index >= 15 is 0 Å².